The lowest BCUT2D eigenvalue weighted by Gasteiger charge is -2.00. The van der Waals surface area contributed by atoms with Crippen LogP contribution in [0.3, 0.4) is 0 Å². The van der Waals surface area contributed by atoms with Crippen LogP contribution in [0.15, 0.2) is 0 Å². The molecule has 0 unspecified atom stereocenters. The summed E-state index contributed by atoms with van der Waals surface area (Å²) in [6.45, 7) is 1.65. The average Bonchev–Trinajstić information content (AvgIpc) is 1.87. The average molecular weight is 162 g/mol. The Balaban J connectivity index is 3.24. The molecule has 1 N–H and O–H groups in total. The van der Waals surface area contributed by atoms with Crippen molar-refractivity contribution >= 4 is 6.09 Å². The predicted molar refractivity (Wildman–Crippen MR) is 36.9 cm³/mol. The molecule has 0 radical (unpaired) electrons. The Morgan fingerprint density at radius 2 is 2.36 bits per heavy atom. The molecule has 0 saturated carbocycles. The van der Waals surface area contributed by atoms with Gasteiger partial charge in [-0.05, 0) is 6.92 Å². The fourth-order valence-electron chi connectivity index (χ4n) is 0.431. The second-order valence-corrected chi connectivity index (χ2v) is 1.70. The monoisotopic (exact) mass is 162 g/mol. The van der Waals surface area contributed by atoms with E-state index in [1.54, 1.807) is 6.92 Å². The highest BCUT2D eigenvalue weighted by Gasteiger charge is 2.01. The van der Waals surface area contributed by atoms with Crippen LogP contribution in [-0.4, -0.2) is 30.7 Å². The van der Waals surface area contributed by atoms with Gasteiger partial charge in [-0.2, -0.15) is 0 Å². The first-order valence-electron chi connectivity index (χ1n) is 3.19. The van der Waals surface area contributed by atoms with Crippen LogP contribution in [0.2, 0.25) is 0 Å². The molecule has 0 aromatic carbocycles. The van der Waals surface area contributed by atoms with E-state index in [1.807, 2.05) is 0 Å². The summed E-state index contributed by atoms with van der Waals surface area (Å²) >= 11 is 0. The number of carbonyl (C=O) groups is 1. The minimum atomic E-state index is -0.616. The molecule has 0 rings (SSSR count). The summed E-state index contributed by atoms with van der Waals surface area (Å²) < 4.78 is 4.45. The lowest BCUT2D eigenvalue weighted by atomic mass is 10.6. The third kappa shape index (κ3) is 6.56. The maximum absolute atomic E-state index is 10.5. The highest BCUT2D eigenvalue weighted by Crippen LogP contribution is 1.75. The van der Waals surface area contributed by atoms with Crippen LogP contribution >= 0.6 is 0 Å². The smallest absolute Gasteiger partial charge is 0.407 e. The van der Waals surface area contributed by atoms with Crippen molar-refractivity contribution in [1.82, 2.24) is 5.32 Å². The van der Waals surface area contributed by atoms with Gasteiger partial charge >= 0.3 is 6.09 Å². The summed E-state index contributed by atoms with van der Waals surface area (Å²) in [4.78, 5) is 19.7. The Morgan fingerprint density at radius 1 is 1.73 bits per heavy atom. The molecule has 6 nitrogen and oxygen atoms in total. The van der Waals surface area contributed by atoms with Crippen molar-refractivity contribution in [1.29, 1.82) is 0 Å². The van der Waals surface area contributed by atoms with Gasteiger partial charge in [-0.1, -0.05) is 0 Å². The number of nitrogens with one attached hydrogen (secondary N) is 1. The minimum Gasteiger partial charge on any atom is -0.450 e. The predicted octanol–water partition coefficient (Wildman–Crippen LogP) is 0.00920. The molecule has 0 spiro atoms. The van der Waals surface area contributed by atoms with Crippen LogP contribution in [0.4, 0.5) is 4.79 Å². The molecule has 64 valence electrons. The van der Waals surface area contributed by atoms with Crippen molar-refractivity contribution in [2.24, 2.45) is 0 Å². The van der Waals surface area contributed by atoms with Crippen LogP contribution in [-0.2, 0) is 4.74 Å². The standard InChI is InChI=1S/C5H10N2O4/c1-2-11-5(8)6-3-4-7(9)10/h2-4H2,1H3,(H,6,8). The molecular formula is C5H10N2O4. The van der Waals surface area contributed by atoms with Crippen molar-refractivity contribution < 1.29 is 14.5 Å². The van der Waals surface area contributed by atoms with E-state index in [0.29, 0.717) is 0 Å². The van der Waals surface area contributed by atoms with Crippen molar-refractivity contribution in [3.8, 4) is 0 Å². The molecule has 0 aliphatic carbocycles. The Labute approximate surface area is 63.7 Å². The molecule has 0 aliphatic rings. The van der Waals surface area contributed by atoms with Crippen molar-refractivity contribution in [3.05, 3.63) is 10.1 Å². The summed E-state index contributed by atoms with van der Waals surface area (Å²) in [7, 11) is 0. The molecule has 0 aromatic heterocycles. The molecule has 0 bridgehead atoms. The highest BCUT2D eigenvalue weighted by atomic mass is 16.6. The molecule has 11 heavy (non-hydrogen) atoms. The number of ether oxygens (including phenoxy) is 1. The van der Waals surface area contributed by atoms with Gasteiger partial charge in [0.15, 0.2) is 0 Å². The number of rotatable bonds is 4. The van der Waals surface area contributed by atoms with E-state index in [2.05, 4.69) is 10.1 Å². The number of carbonyl (C=O) groups excluding carboxylic acids is 1. The SMILES string of the molecule is CCOC(=O)NCC[N+](=O)[O-]. The van der Waals surface area contributed by atoms with Crippen molar-refractivity contribution in [2.75, 3.05) is 19.7 Å². The zero-order valence-electron chi connectivity index (χ0n) is 6.20. The van der Waals surface area contributed by atoms with Crippen molar-refractivity contribution in [2.45, 2.75) is 6.92 Å². The fraction of sp³-hybridized carbons (Fsp3) is 0.800. The first-order chi connectivity index (χ1) is 5.16. The lowest BCUT2D eigenvalue weighted by Crippen LogP contribution is -2.29. The van der Waals surface area contributed by atoms with Crippen LogP contribution in [0.5, 0.6) is 0 Å². The molecule has 0 aromatic rings. The molecule has 0 saturated heterocycles. The van der Waals surface area contributed by atoms with Gasteiger partial charge in [0, 0.05) is 4.92 Å². The third-order valence-electron chi connectivity index (χ3n) is 0.839. The maximum atomic E-state index is 10.5. The zero-order chi connectivity index (χ0) is 8.69. The van der Waals surface area contributed by atoms with Gasteiger partial charge in [-0.3, -0.25) is 10.1 Å². The Hall–Kier alpha value is -1.33. The molecule has 0 aliphatic heterocycles. The first kappa shape index (κ1) is 9.67. The minimum absolute atomic E-state index is 0.00579. The Morgan fingerprint density at radius 3 is 2.82 bits per heavy atom. The van der Waals surface area contributed by atoms with E-state index >= 15 is 0 Å². The largest absolute Gasteiger partial charge is 0.450 e. The number of amides is 1. The first-order valence-corrected chi connectivity index (χ1v) is 3.19. The molecule has 6 heteroatoms. The Kier molecular flexibility index (Phi) is 4.80. The molecule has 0 heterocycles. The van der Waals surface area contributed by atoms with Crippen LogP contribution in [0.1, 0.15) is 6.92 Å². The van der Waals surface area contributed by atoms with Gasteiger partial charge in [-0.25, -0.2) is 4.79 Å². The summed E-state index contributed by atoms with van der Waals surface area (Å²) in [5.74, 6) is 0. The van der Waals surface area contributed by atoms with Crippen LogP contribution in [0, 0.1) is 10.1 Å². The third-order valence-corrected chi connectivity index (χ3v) is 0.839. The van der Waals surface area contributed by atoms with E-state index in [9.17, 15) is 14.9 Å². The quantitative estimate of drug-likeness (QED) is 0.466. The fourth-order valence-corrected chi connectivity index (χ4v) is 0.431. The van der Waals surface area contributed by atoms with Gasteiger partial charge in [0.05, 0.1) is 13.2 Å². The van der Waals surface area contributed by atoms with E-state index in [1.165, 1.54) is 0 Å². The summed E-state index contributed by atoms with van der Waals surface area (Å²) in [6, 6.07) is 0. The lowest BCUT2D eigenvalue weighted by molar-refractivity contribution is -0.477. The van der Waals surface area contributed by atoms with E-state index in [4.69, 9.17) is 0 Å². The van der Waals surface area contributed by atoms with Crippen LogP contribution in [0.25, 0.3) is 0 Å². The summed E-state index contributed by atoms with van der Waals surface area (Å²) in [5.41, 5.74) is 0. The Bertz CT molecular complexity index is 147. The van der Waals surface area contributed by atoms with Gasteiger partial charge in [0.1, 0.15) is 0 Å². The zero-order valence-corrected chi connectivity index (χ0v) is 6.20. The summed E-state index contributed by atoms with van der Waals surface area (Å²) in [5, 5.41) is 12.0. The van der Waals surface area contributed by atoms with E-state index in [-0.39, 0.29) is 19.7 Å². The topological polar surface area (TPSA) is 81.5 Å². The number of nitro groups is 1. The van der Waals surface area contributed by atoms with Gasteiger partial charge in [-0.15, -0.1) is 0 Å². The van der Waals surface area contributed by atoms with Crippen LogP contribution < -0.4 is 5.32 Å². The van der Waals surface area contributed by atoms with Gasteiger partial charge < -0.3 is 10.1 Å². The maximum Gasteiger partial charge on any atom is 0.407 e. The molecular weight excluding hydrogens is 152 g/mol. The number of hydrogen-bond acceptors (Lipinski definition) is 4. The van der Waals surface area contributed by atoms with E-state index in [0.717, 1.165) is 0 Å². The second-order valence-electron chi connectivity index (χ2n) is 1.70. The highest BCUT2D eigenvalue weighted by molar-refractivity contribution is 5.66. The molecule has 0 atom stereocenters. The van der Waals surface area contributed by atoms with Gasteiger partial charge in [0.25, 0.3) is 0 Å². The summed E-state index contributed by atoms with van der Waals surface area (Å²) in [6.07, 6.45) is -0.616. The second kappa shape index (κ2) is 5.45. The number of hydrogen-bond donors (Lipinski definition) is 1. The molecule has 1 amide bonds. The normalized spacial score (nSPS) is 8.82. The number of alkyl carbamates (subject to hydrolysis) is 1. The molecule has 0 fully saturated rings. The van der Waals surface area contributed by atoms with Crippen molar-refractivity contribution in [3.63, 3.8) is 0 Å². The van der Waals surface area contributed by atoms with Gasteiger partial charge in [0.2, 0.25) is 6.54 Å². The van der Waals surface area contributed by atoms with E-state index < -0.39 is 11.0 Å². The number of nitrogens with zero attached hydrogens (tertiary/aromatic N) is 1.